The summed E-state index contributed by atoms with van der Waals surface area (Å²) < 4.78 is 2.36. The van der Waals surface area contributed by atoms with Crippen LogP contribution in [0.15, 0.2) is 0 Å². The van der Waals surface area contributed by atoms with Gasteiger partial charge >= 0.3 is 124 Å². The van der Waals surface area contributed by atoms with Crippen LogP contribution in [-0.4, -0.2) is 4.98 Å². The summed E-state index contributed by atoms with van der Waals surface area (Å²) in [7, 11) is 0. The molecular weight excluding hydrogens is 362 g/mol. The summed E-state index contributed by atoms with van der Waals surface area (Å²) in [6.07, 6.45) is 0. The van der Waals surface area contributed by atoms with Gasteiger partial charge in [0.25, 0.3) is 0 Å². The summed E-state index contributed by atoms with van der Waals surface area (Å²) in [5.41, 5.74) is 3.21. The smallest absolute Gasteiger partial charge is 1.00 e. The molecule has 6 heteroatoms. The largest absolute Gasteiger partial charge is 1.00 e. The minimum absolute atomic E-state index is 0. The SMILES string of the molecule is CC(C)(C)c1[nH]c(C(C)(C)C)[n+]([Ti])c1C(C)(C)C.[Cl-].[Cl-].[Cl-]. The number of aromatic nitrogens is 2. The number of imidazole rings is 1. The zero-order valence-electron chi connectivity index (χ0n) is 14.6. The van der Waals surface area contributed by atoms with Gasteiger partial charge in [-0.05, 0) is 0 Å². The molecule has 0 saturated heterocycles. The number of hydrogen-bond donors (Lipinski definition) is 1. The first-order valence-electron chi connectivity index (χ1n) is 6.67. The Balaban J connectivity index is -0.00000108. The molecule has 2 nitrogen and oxygen atoms in total. The molecule has 0 fully saturated rings. The van der Waals surface area contributed by atoms with Gasteiger partial charge in [-0.1, -0.05) is 0 Å². The van der Waals surface area contributed by atoms with Crippen LogP contribution in [0.1, 0.15) is 79.5 Å². The van der Waals surface area contributed by atoms with E-state index in [1.165, 1.54) is 17.2 Å². The Morgan fingerprint density at radius 3 is 1.29 bits per heavy atom. The molecule has 0 unspecified atom stereocenters. The van der Waals surface area contributed by atoms with Crippen LogP contribution in [0.2, 0.25) is 0 Å². The fourth-order valence-corrected chi connectivity index (χ4v) is 3.54. The molecule has 1 aromatic rings. The van der Waals surface area contributed by atoms with Gasteiger partial charge in [0.15, 0.2) is 0 Å². The van der Waals surface area contributed by atoms with Crippen molar-refractivity contribution >= 4 is 0 Å². The van der Waals surface area contributed by atoms with Crippen molar-refractivity contribution in [2.75, 3.05) is 0 Å². The fourth-order valence-electron chi connectivity index (χ4n) is 2.23. The predicted octanol–water partition coefficient (Wildman–Crippen LogP) is -5.48. The topological polar surface area (TPSA) is 19.7 Å². The normalized spacial score (nSPS) is 12.0. The van der Waals surface area contributed by atoms with E-state index in [1.807, 2.05) is 0 Å². The second kappa shape index (κ2) is 8.06. The third-order valence-electron chi connectivity index (χ3n) is 3.10. The number of rotatable bonds is 0. The number of aromatic amines is 1. The van der Waals surface area contributed by atoms with E-state index in [1.54, 1.807) is 0 Å². The van der Waals surface area contributed by atoms with Gasteiger partial charge in [-0.15, -0.1) is 0 Å². The Morgan fingerprint density at radius 2 is 1.10 bits per heavy atom. The minimum atomic E-state index is 0. The maximum Gasteiger partial charge on any atom is -1.00 e. The van der Waals surface area contributed by atoms with Crippen LogP contribution in [0.4, 0.5) is 0 Å². The summed E-state index contributed by atoms with van der Waals surface area (Å²) in [4.78, 5) is 3.70. The van der Waals surface area contributed by atoms with Crippen LogP contribution in [0.3, 0.4) is 0 Å². The second-order valence-electron chi connectivity index (χ2n) is 8.28. The Morgan fingerprint density at radius 1 is 0.714 bits per heavy atom. The van der Waals surface area contributed by atoms with Crippen molar-refractivity contribution in [2.45, 2.75) is 78.6 Å². The number of H-pyrrole nitrogens is 1. The molecule has 0 amide bonds. The van der Waals surface area contributed by atoms with Crippen LogP contribution in [0, 0.1) is 0 Å². The quantitative estimate of drug-likeness (QED) is 0.427. The van der Waals surface area contributed by atoms with E-state index in [9.17, 15) is 0 Å². The number of nitrogens with zero attached hydrogens (tertiary/aromatic N) is 1. The Labute approximate surface area is 161 Å². The molecule has 0 saturated carbocycles. The van der Waals surface area contributed by atoms with Gasteiger partial charge < -0.3 is 37.2 Å². The molecular formula is C15H28Cl3N2Ti-2. The molecule has 0 spiro atoms. The van der Waals surface area contributed by atoms with E-state index < -0.39 is 0 Å². The second-order valence-corrected chi connectivity index (χ2v) is 8.98. The zero-order chi connectivity index (χ0) is 14.5. The third-order valence-corrected chi connectivity index (χ3v) is 3.80. The summed E-state index contributed by atoms with van der Waals surface area (Å²) in [6, 6.07) is 0. The van der Waals surface area contributed by atoms with Crippen molar-refractivity contribution in [3.05, 3.63) is 17.2 Å². The van der Waals surface area contributed by atoms with Crippen LogP contribution in [0.25, 0.3) is 0 Å². The van der Waals surface area contributed by atoms with Gasteiger partial charge in [-0.2, -0.15) is 0 Å². The van der Waals surface area contributed by atoms with Gasteiger partial charge in [0.05, 0.1) is 0 Å². The van der Waals surface area contributed by atoms with Crippen LogP contribution in [-0.2, 0) is 36.9 Å². The molecule has 0 bridgehead atoms. The fraction of sp³-hybridized carbons (Fsp3) is 0.800. The Hall–Kier alpha value is 0.794. The van der Waals surface area contributed by atoms with Gasteiger partial charge in [-0.3, -0.25) is 0 Å². The Kier molecular flexibility index (Phi) is 10.2. The first-order chi connectivity index (χ1) is 7.76. The molecule has 1 heterocycles. The molecule has 125 valence electrons. The van der Waals surface area contributed by atoms with Crippen molar-refractivity contribution in [3.8, 4) is 0 Å². The summed E-state index contributed by atoms with van der Waals surface area (Å²) >= 11 is 2.19. The molecule has 1 aromatic heterocycles. The first-order valence-corrected chi connectivity index (χ1v) is 7.37. The molecule has 0 atom stereocenters. The van der Waals surface area contributed by atoms with Gasteiger partial charge in [0, 0.05) is 0 Å². The van der Waals surface area contributed by atoms with Crippen molar-refractivity contribution < 1.29 is 61.0 Å². The van der Waals surface area contributed by atoms with Crippen molar-refractivity contribution in [1.29, 1.82) is 0 Å². The number of halogens is 3. The minimum Gasteiger partial charge on any atom is -1.00 e. The van der Waals surface area contributed by atoms with Gasteiger partial charge in [-0.25, -0.2) is 0 Å². The van der Waals surface area contributed by atoms with Crippen LogP contribution >= 0.6 is 0 Å². The van der Waals surface area contributed by atoms with Crippen LogP contribution in [0.5, 0.6) is 0 Å². The van der Waals surface area contributed by atoms with Crippen LogP contribution < -0.4 is 40.3 Å². The number of hydrogen-bond acceptors (Lipinski definition) is 0. The summed E-state index contributed by atoms with van der Waals surface area (Å²) in [5.74, 6) is 1.30. The monoisotopic (exact) mass is 389 g/mol. The van der Waals surface area contributed by atoms with E-state index in [0.29, 0.717) is 0 Å². The first kappa shape index (κ1) is 26.7. The van der Waals surface area contributed by atoms with Crippen molar-refractivity contribution in [3.63, 3.8) is 0 Å². The Bertz CT molecular complexity index is 449. The zero-order valence-corrected chi connectivity index (χ0v) is 18.4. The third kappa shape index (κ3) is 6.07. The predicted molar refractivity (Wildman–Crippen MR) is 72.5 cm³/mol. The standard InChI is InChI=1S/C15H28N2.3ClH.Ti/c1-13(2,3)10-11(14(4,5)6)17-12(16-10)15(7,8)9;;;;/h1-9H3,(H,16,17);3*1H;/q;;;;+1/p-3. The number of nitrogens with one attached hydrogen (secondary N) is 1. The molecule has 1 rings (SSSR count). The van der Waals surface area contributed by atoms with E-state index in [-0.39, 0.29) is 53.5 Å². The van der Waals surface area contributed by atoms with E-state index >= 15 is 0 Å². The maximum atomic E-state index is 3.70. The molecule has 0 aliphatic rings. The van der Waals surface area contributed by atoms with Gasteiger partial charge in [0.2, 0.25) is 0 Å². The summed E-state index contributed by atoms with van der Waals surface area (Å²) in [5, 5.41) is 0. The van der Waals surface area contributed by atoms with Gasteiger partial charge in [0.1, 0.15) is 0 Å². The molecule has 0 aromatic carbocycles. The summed E-state index contributed by atoms with van der Waals surface area (Å²) in [6.45, 7) is 20.5. The molecule has 1 N–H and O–H groups in total. The molecule has 21 heavy (non-hydrogen) atoms. The average molecular weight is 391 g/mol. The molecule has 0 aliphatic carbocycles. The van der Waals surface area contributed by atoms with Crippen molar-refractivity contribution in [2.24, 2.45) is 0 Å². The van der Waals surface area contributed by atoms with E-state index in [0.717, 1.165) is 0 Å². The average Bonchev–Trinajstić information content (AvgIpc) is 2.39. The van der Waals surface area contributed by atoms with E-state index in [2.05, 4.69) is 91.0 Å². The van der Waals surface area contributed by atoms with Crippen molar-refractivity contribution in [1.82, 2.24) is 4.98 Å². The van der Waals surface area contributed by atoms with E-state index in [4.69, 9.17) is 0 Å². The molecule has 0 radical (unpaired) electrons. The maximum absolute atomic E-state index is 3.70. The molecule has 0 aliphatic heterocycles.